The van der Waals surface area contributed by atoms with Crippen molar-refractivity contribution in [2.24, 2.45) is 17.6 Å². The number of carbonyl (C=O) groups is 1. The summed E-state index contributed by atoms with van der Waals surface area (Å²) in [5.74, 6) is 1.40. The van der Waals surface area contributed by atoms with Gasteiger partial charge in [0.2, 0.25) is 5.91 Å². The molecule has 2 atom stereocenters. The third-order valence-electron chi connectivity index (χ3n) is 4.62. The molecule has 1 saturated heterocycles. The molecule has 0 spiro atoms. The summed E-state index contributed by atoms with van der Waals surface area (Å²) < 4.78 is 0. The average molecular weight is 284 g/mol. The monoisotopic (exact) mass is 284 g/mol. The van der Waals surface area contributed by atoms with E-state index in [0.717, 1.165) is 38.6 Å². The summed E-state index contributed by atoms with van der Waals surface area (Å²) in [6.45, 7) is 6.16. The molecular formula is C16H32N2O2. The lowest BCUT2D eigenvalue weighted by atomic mass is 9.88. The SMILES string of the molecule is CC(C)C(CCN)CCC(=O)N1CCCCC1CCO. The summed E-state index contributed by atoms with van der Waals surface area (Å²) >= 11 is 0. The van der Waals surface area contributed by atoms with E-state index in [4.69, 9.17) is 10.8 Å². The minimum Gasteiger partial charge on any atom is -0.396 e. The van der Waals surface area contributed by atoms with E-state index in [-0.39, 0.29) is 18.6 Å². The summed E-state index contributed by atoms with van der Waals surface area (Å²) in [6.07, 6.45) is 6.62. The Balaban J connectivity index is 2.46. The topological polar surface area (TPSA) is 66.6 Å². The Morgan fingerprint density at radius 1 is 1.35 bits per heavy atom. The molecule has 0 bridgehead atoms. The molecule has 4 nitrogen and oxygen atoms in total. The molecule has 1 aliphatic rings. The van der Waals surface area contributed by atoms with Crippen LogP contribution in [0.15, 0.2) is 0 Å². The summed E-state index contributed by atoms with van der Waals surface area (Å²) in [4.78, 5) is 14.4. The lowest BCUT2D eigenvalue weighted by molar-refractivity contribution is -0.135. The van der Waals surface area contributed by atoms with Gasteiger partial charge in [-0.25, -0.2) is 0 Å². The van der Waals surface area contributed by atoms with Crippen molar-refractivity contribution in [3.63, 3.8) is 0 Å². The molecule has 1 aliphatic heterocycles. The van der Waals surface area contributed by atoms with Crippen LogP contribution in [0.4, 0.5) is 0 Å². The number of amides is 1. The van der Waals surface area contributed by atoms with Crippen LogP contribution in [0, 0.1) is 11.8 Å². The number of rotatable bonds is 8. The number of likely N-dealkylation sites (tertiary alicyclic amines) is 1. The zero-order valence-corrected chi connectivity index (χ0v) is 13.2. The molecule has 118 valence electrons. The molecule has 0 saturated carbocycles. The van der Waals surface area contributed by atoms with Crippen molar-refractivity contribution in [3.8, 4) is 0 Å². The minimum atomic E-state index is 0.177. The third-order valence-corrected chi connectivity index (χ3v) is 4.62. The molecule has 0 radical (unpaired) electrons. The van der Waals surface area contributed by atoms with E-state index in [9.17, 15) is 4.79 Å². The van der Waals surface area contributed by atoms with Crippen molar-refractivity contribution in [1.82, 2.24) is 4.90 Å². The molecule has 0 aliphatic carbocycles. The van der Waals surface area contributed by atoms with Gasteiger partial charge in [-0.2, -0.15) is 0 Å². The fourth-order valence-corrected chi connectivity index (χ4v) is 3.26. The van der Waals surface area contributed by atoms with Gasteiger partial charge in [0.25, 0.3) is 0 Å². The number of piperidine rings is 1. The predicted molar refractivity (Wildman–Crippen MR) is 82.3 cm³/mol. The smallest absolute Gasteiger partial charge is 0.222 e. The van der Waals surface area contributed by atoms with Crippen molar-refractivity contribution < 1.29 is 9.90 Å². The second kappa shape index (κ2) is 9.35. The maximum absolute atomic E-state index is 12.4. The first-order valence-electron chi connectivity index (χ1n) is 8.20. The van der Waals surface area contributed by atoms with Crippen LogP contribution in [0.2, 0.25) is 0 Å². The highest BCUT2D eigenvalue weighted by Crippen LogP contribution is 2.24. The van der Waals surface area contributed by atoms with Gasteiger partial charge in [-0.3, -0.25) is 4.79 Å². The Morgan fingerprint density at radius 3 is 2.70 bits per heavy atom. The highest BCUT2D eigenvalue weighted by atomic mass is 16.3. The van der Waals surface area contributed by atoms with E-state index in [1.807, 2.05) is 4.90 Å². The van der Waals surface area contributed by atoms with E-state index in [1.165, 1.54) is 6.42 Å². The lowest BCUT2D eigenvalue weighted by Crippen LogP contribution is -2.44. The summed E-state index contributed by atoms with van der Waals surface area (Å²) in [5.41, 5.74) is 5.65. The van der Waals surface area contributed by atoms with E-state index >= 15 is 0 Å². The molecule has 20 heavy (non-hydrogen) atoms. The van der Waals surface area contributed by atoms with Crippen molar-refractivity contribution in [2.75, 3.05) is 19.7 Å². The van der Waals surface area contributed by atoms with Gasteiger partial charge >= 0.3 is 0 Å². The number of carbonyl (C=O) groups excluding carboxylic acids is 1. The number of nitrogens with zero attached hydrogens (tertiary/aromatic N) is 1. The molecular weight excluding hydrogens is 252 g/mol. The molecule has 0 aromatic rings. The fraction of sp³-hybridized carbons (Fsp3) is 0.938. The molecule has 3 N–H and O–H groups in total. The van der Waals surface area contributed by atoms with Crippen LogP contribution in [0.5, 0.6) is 0 Å². The minimum absolute atomic E-state index is 0.177. The summed E-state index contributed by atoms with van der Waals surface area (Å²) in [5, 5.41) is 9.13. The number of nitrogens with two attached hydrogens (primary N) is 1. The summed E-state index contributed by atoms with van der Waals surface area (Å²) in [6, 6.07) is 0.258. The molecule has 1 amide bonds. The Bertz CT molecular complexity index is 280. The van der Waals surface area contributed by atoms with E-state index in [2.05, 4.69) is 13.8 Å². The van der Waals surface area contributed by atoms with Crippen molar-refractivity contribution in [2.45, 2.75) is 64.8 Å². The fourth-order valence-electron chi connectivity index (χ4n) is 3.26. The normalized spacial score (nSPS) is 21.2. The van der Waals surface area contributed by atoms with E-state index < -0.39 is 0 Å². The van der Waals surface area contributed by atoms with Crippen molar-refractivity contribution in [3.05, 3.63) is 0 Å². The predicted octanol–water partition coefficient (Wildman–Crippen LogP) is 2.15. The number of aliphatic hydroxyl groups is 1. The van der Waals surface area contributed by atoms with Crippen LogP contribution >= 0.6 is 0 Å². The van der Waals surface area contributed by atoms with Gasteiger partial charge in [-0.15, -0.1) is 0 Å². The standard InChI is InChI=1S/C16H32N2O2/c1-13(2)14(8-10-17)6-7-16(20)18-11-4-3-5-15(18)9-12-19/h13-15,19H,3-12,17H2,1-2H3. The van der Waals surface area contributed by atoms with Gasteiger partial charge in [0.05, 0.1) is 0 Å². The Kier molecular flexibility index (Phi) is 8.15. The Morgan fingerprint density at radius 2 is 2.10 bits per heavy atom. The van der Waals surface area contributed by atoms with Gasteiger partial charge in [-0.1, -0.05) is 13.8 Å². The van der Waals surface area contributed by atoms with Gasteiger partial charge in [0.15, 0.2) is 0 Å². The zero-order chi connectivity index (χ0) is 15.0. The number of aliphatic hydroxyl groups excluding tert-OH is 1. The van der Waals surface area contributed by atoms with Crippen LogP contribution in [0.3, 0.4) is 0 Å². The molecule has 4 heteroatoms. The Hall–Kier alpha value is -0.610. The highest BCUT2D eigenvalue weighted by Gasteiger charge is 2.26. The van der Waals surface area contributed by atoms with Crippen LogP contribution in [-0.4, -0.2) is 41.7 Å². The third kappa shape index (κ3) is 5.41. The second-order valence-electron chi connectivity index (χ2n) is 6.37. The number of hydrogen-bond acceptors (Lipinski definition) is 3. The zero-order valence-electron chi connectivity index (χ0n) is 13.2. The maximum Gasteiger partial charge on any atom is 0.222 e. The first-order valence-corrected chi connectivity index (χ1v) is 8.20. The van der Waals surface area contributed by atoms with Crippen LogP contribution in [0.1, 0.15) is 58.8 Å². The van der Waals surface area contributed by atoms with Crippen LogP contribution < -0.4 is 5.73 Å². The molecule has 1 heterocycles. The van der Waals surface area contributed by atoms with Gasteiger partial charge in [0, 0.05) is 25.6 Å². The highest BCUT2D eigenvalue weighted by molar-refractivity contribution is 5.76. The first kappa shape index (κ1) is 17.4. The number of hydrogen-bond donors (Lipinski definition) is 2. The Labute approximate surface area is 123 Å². The quantitative estimate of drug-likeness (QED) is 0.717. The molecule has 2 unspecified atom stereocenters. The van der Waals surface area contributed by atoms with Crippen LogP contribution in [-0.2, 0) is 4.79 Å². The van der Waals surface area contributed by atoms with E-state index in [0.29, 0.717) is 24.8 Å². The van der Waals surface area contributed by atoms with Crippen LogP contribution in [0.25, 0.3) is 0 Å². The average Bonchev–Trinajstić information content (AvgIpc) is 2.43. The summed E-state index contributed by atoms with van der Waals surface area (Å²) in [7, 11) is 0. The lowest BCUT2D eigenvalue weighted by Gasteiger charge is -2.36. The molecule has 1 fully saturated rings. The van der Waals surface area contributed by atoms with Gasteiger partial charge in [0.1, 0.15) is 0 Å². The second-order valence-corrected chi connectivity index (χ2v) is 6.37. The molecule has 1 rings (SSSR count). The molecule has 0 aromatic carbocycles. The van der Waals surface area contributed by atoms with Gasteiger partial charge in [-0.05, 0) is 56.9 Å². The molecule has 0 aromatic heterocycles. The largest absolute Gasteiger partial charge is 0.396 e. The van der Waals surface area contributed by atoms with Crippen molar-refractivity contribution >= 4 is 5.91 Å². The van der Waals surface area contributed by atoms with Gasteiger partial charge < -0.3 is 15.7 Å². The van der Waals surface area contributed by atoms with E-state index in [1.54, 1.807) is 0 Å². The maximum atomic E-state index is 12.4. The van der Waals surface area contributed by atoms with Crippen molar-refractivity contribution in [1.29, 1.82) is 0 Å². The first-order chi connectivity index (χ1) is 9.60.